The number of anilines is 1. The Balaban J connectivity index is 1.80. The molecule has 0 radical (unpaired) electrons. The van der Waals surface area contributed by atoms with E-state index in [9.17, 15) is 8.42 Å². The summed E-state index contributed by atoms with van der Waals surface area (Å²) in [4.78, 5) is 9.41. The van der Waals surface area contributed by atoms with Crippen LogP contribution in [0, 0.1) is 0 Å². The SMILES string of the molecule is CN(C)S(=O)(=O)c1ccc(CNc2ncnc3ccccc23)s1. The largest absolute Gasteiger partial charge is 0.365 e. The van der Waals surface area contributed by atoms with Gasteiger partial charge in [0, 0.05) is 24.4 Å². The molecule has 23 heavy (non-hydrogen) atoms. The molecule has 120 valence electrons. The quantitative estimate of drug-likeness (QED) is 0.767. The molecule has 0 saturated carbocycles. The Morgan fingerprint density at radius 2 is 1.91 bits per heavy atom. The average molecular weight is 348 g/mol. The van der Waals surface area contributed by atoms with Crippen LogP contribution in [-0.2, 0) is 16.6 Å². The summed E-state index contributed by atoms with van der Waals surface area (Å²) in [5.41, 5.74) is 0.868. The highest BCUT2D eigenvalue weighted by molar-refractivity contribution is 7.91. The summed E-state index contributed by atoms with van der Waals surface area (Å²) in [7, 11) is -0.320. The van der Waals surface area contributed by atoms with Gasteiger partial charge in [0.2, 0.25) is 0 Å². The minimum atomic E-state index is -3.38. The first-order valence-electron chi connectivity index (χ1n) is 6.93. The molecule has 0 saturated heterocycles. The minimum Gasteiger partial charge on any atom is -0.365 e. The monoisotopic (exact) mass is 348 g/mol. The normalized spacial score (nSPS) is 12.0. The molecule has 0 amide bonds. The van der Waals surface area contributed by atoms with Gasteiger partial charge < -0.3 is 5.32 Å². The fourth-order valence-corrected chi connectivity index (χ4v) is 4.55. The lowest BCUT2D eigenvalue weighted by atomic mass is 10.2. The molecule has 0 unspecified atom stereocenters. The van der Waals surface area contributed by atoms with Crippen LogP contribution in [0.2, 0.25) is 0 Å². The van der Waals surface area contributed by atoms with Crippen LogP contribution in [-0.4, -0.2) is 36.8 Å². The summed E-state index contributed by atoms with van der Waals surface area (Å²) in [5, 5.41) is 4.19. The zero-order valence-corrected chi connectivity index (χ0v) is 14.4. The third-order valence-electron chi connectivity index (χ3n) is 3.34. The predicted octanol–water partition coefficient (Wildman–Crippen LogP) is 2.55. The van der Waals surface area contributed by atoms with E-state index in [1.807, 2.05) is 30.3 Å². The van der Waals surface area contributed by atoms with Gasteiger partial charge in [-0.05, 0) is 24.3 Å². The van der Waals surface area contributed by atoms with E-state index in [1.165, 1.54) is 36.1 Å². The molecule has 0 spiro atoms. The molecular weight excluding hydrogens is 332 g/mol. The standard InChI is InChI=1S/C15H16N4O2S2/c1-19(2)23(20,21)14-8-7-11(22-14)9-16-15-12-5-3-4-6-13(12)17-10-18-15/h3-8,10H,9H2,1-2H3,(H,16,17,18). The summed E-state index contributed by atoms with van der Waals surface area (Å²) >= 11 is 1.26. The number of nitrogens with one attached hydrogen (secondary N) is 1. The van der Waals surface area contributed by atoms with Gasteiger partial charge in [-0.1, -0.05) is 12.1 Å². The van der Waals surface area contributed by atoms with Crippen LogP contribution < -0.4 is 5.32 Å². The van der Waals surface area contributed by atoms with E-state index in [1.54, 1.807) is 6.07 Å². The number of para-hydroxylation sites is 1. The van der Waals surface area contributed by atoms with Crippen LogP contribution in [0.3, 0.4) is 0 Å². The lowest BCUT2D eigenvalue weighted by Gasteiger charge is -2.08. The second-order valence-corrected chi connectivity index (χ2v) is 8.65. The van der Waals surface area contributed by atoms with Gasteiger partial charge in [-0.15, -0.1) is 11.3 Å². The van der Waals surface area contributed by atoms with Crippen LogP contribution in [0.1, 0.15) is 4.88 Å². The summed E-state index contributed by atoms with van der Waals surface area (Å²) < 4.78 is 25.7. The molecule has 2 aromatic heterocycles. The number of aromatic nitrogens is 2. The van der Waals surface area contributed by atoms with Crippen molar-refractivity contribution in [3.05, 3.63) is 47.6 Å². The molecule has 0 aliphatic heterocycles. The Hall–Kier alpha value is -2.03. The summed E-state index contributed by atoms with van der Waals surface area (Å²) in [5.74, 6) is 0.737. The third kappa shape index (κ3) is 3.19. The number of sulfonamides is 1. The second kappa shape index (κ2) is 6.23. The van der Waals surface area contributed by atoms with Gasteiger partial charge in [0.15, 0.2) is 0 Å². The van der Waals surface area contributed by atoms with Crippen LogP contribution >= 0.6 is 11.3 Å². The smallest absolute Gasteiger partial charge is 0.252 e. The van der Waals surface area contributed by atoms with Crippen molar-refractivity contribution in [2.24, 2.45) is 0 Å². The van der Waals surface area contributed by atoms with Crippen LogP contribution in [0.4, 0.5) is 5.82 Å². The van der Waals surface area contributed by atoms with E-state index in [0.717, 1.165) is 21.6 Å². The number of fused-ring (bicyclic) bond motifs is 1. The zero-order valence-electron chi connectivity index (χ0n) is 12.7. The number of benzene rings is 1. The third-order valence-corrected chi connectivity index (χ3v) is 6.71. The van der Waals surface area contributed by atoms with Crippen molar-refractivity contribution >= 4 is 38.1 Å². The first-order valence-corrected chi connectivity index (χ1v) is 9.19. The maximum absolute atomic E-state index is 12.1. The molecule has 0 aliphatic carbocycles. The molecule has 1 aromatic carbocycles. The molecule has 0 fully saturated rings. The van der Waals surface area contributed by atoms with Gasteiger partial charge in [0.1, 0.15) is 16.4 Å². The number of nitrogens with zero attached hydrogens (tertiary/aromatic N) is 3. The highest BCUT2D eigenvalue weighted by Gasteiger charge is 2.19. The Bertz CT molecular complexity index is 930. The van der Waals surface area contributed by atoms with Gasteiger partial charge in [0.05, 0.1) is 12.1 Å². The Morgan fingerprint density at radius 3 is 2.70 bits per heavy atom. The lowest BCUT2D eigenvalue weighted by molar-refractivity contribution is 0.523. The molecule has 3 rings (SSSR count). The first kappa shape index (κ1) is 15.9. The molecule has 0 aliphatic rings. The van der Waals surface area contributed by atoms with E-state index in [-0.39, 0.29) is 0 Å². The number of rotatable bonds is 5. The molecule has 6 nitrogen and oxygen atoms in total. The van der Waals surface area contributed by atoms with Crippen molar-refractivity contribution in [3.8, 4) is 0 Å². The summed E-state index contributed by atoms with van der Waals surface area (Å²) in [6.45, 7) is 0.509. The van der Waals surface area contributed by atoms with E-state index in [0.29, 0.717) is 10.8 Å². The van der Waals surface area contributed by atoms with Crippen molar-refractivity contribution in [2.45, 2.75) is 10.8 Å². The van der Waals surface area contributed by atoms with Crippen molar-refractivity contribution < 1.29 is 8.42 Å². The highest BCUT2D eigenvalue weighted by Crippen LogP contribution is 2.25. The molecular formula is C15H16N4O2S2. The van der Waals surface area contributed by atoms with Gasteiger partial charge in [-0.3, -0.25) is 0 Å². The van der Waals surface area contributed by atoms with Gasteiger partial charge in [-0.2, -0.15) is 0 Å². The van der Waals surface area contributed by atoms with Crippen molar-refractivity contribution in [3.63, 3.8) is 0 Å². The number of hydrogen-bond acceptors (Lipinski definition) is 6. The van der Waals surface area contributed by atoms with Crippen LogP contribution in [0.5, 0.6) is 0 Å². The molecule has 1 N–H and O–H groups in total. The van der Waals surface area contributed by atoms with Crippen molar-refractivity contribution in [2.75, 3.05) is 19.4 Å². The minimum absolute atomic E-state index is 0.340. The maximum Gasteiger partial charge on any atom is 0.252 e. The maximum atomic E-state index is 12.1. The van der Waals surface area contributed by atoms with Gasteiger partial charge in [0.25, 0.3) is 10.0 Å². The van der Waals surface area contributed by atoms with Crippen LogP contribution in [0.15, 0.2) is 46.9 Å². The molecule has 0 atom stereocenters. The van der Waals surface area contributed by atoms with E-state index in [2.05, 4.69) is 15.3 Å². The first-order chi connectivity index (χ1) is 11.0. The van der Waals surface area contributed by atoms with E-state index >= 15 is 0 Å². The molecule has 0 bridgehead atoms. The van der Waals surface area contributed by atoms with Gasteiger partial charge >= 0.3 is 0 Å². The number of thiophene rings is 1. The Kier molecular flexibility index (Phi) is 4.29. The summed E-state index contributed by atoms with van der Waals surface area (Å²) in [6.07, 6.45) is 1.51. The lowest BCUT2D eigenvalue weighted by Crippen LogP contribution is -2.21. The van der Waals surface area contributed by atoms with E-state index in [4.69, 9.17) is 0 Å². The zero-order chi connectivity index (χ0) is 16.4. The number of hydrogen-bond donors (Lipinski definition) is 1. The molecule has 2 heterocycles. The highest BCUT2D eigenvalue weighted by atomic mass is 32.2. The topological polar surface area (TPSA) is 75.2 Å². The molecule has 8 heteroatoms. The van der Waals surface area contributed by atoms with Crippen molar-refractivity contribution in [1.29, 1.82) is 0 Å². The fourth-order valence-electron chi connectivity index (χ4n) is 2.09. The fraction of sp³-hybridized carbons (Fsp3) is 0.200. The van der Waals surface area contributed by atoms with Crippen LogP contribution in [0.25, 0.3) is 10.9 Å². The van der Waals surface area contributed by atoms with E-state index < -0.39 is 10.0 Å². The second-order valence-electron chi connectivity index (χ2n) is 5.10. The Labute approximate surface area is 138 Å². The molecule has 3 aromatic rings. The van der Waals surface area contributed by atoms with Crippen molar-refractivity contribution in [1.82, 2.24) is 14.3 Å². The van der Waals surface area contributed by atoms with Gasteiger partial charge in [-0.25, -0.2) is 22.7 Å². The summed E-state index contributed by atoms with van der Waals surface area (Å²) in [6, 6.07) is 11.2. The predicted molar refractivity (Wildman–Crippen MR) is 92.1 cm³/mol. The average Bonchev–Trinajstić information content (AvgIpc) is 3.02. The Morgan fingerprint density at radius 1 is 1.13 bits per heavy atom.